The van der Waals surface area contributed by atoms with Crippen molar-refractivity contribution >= 4 is 30.2 Å². The monoisotopic (exact) mass is 500 g/mol. The molecule has 1 amide bonds. The summed E-state index contributed by atoms with van der Waals surface area (Å²) in [5.74, 6) is -0.522. The van der Waals surface area contributed by atoms with Crippen LogP contribution in [0.3, 0.4) is 0 Å². The van der Waals surface area contributed by atoms with Crippen LogP contribution < -0.4 is 4.90 Å². The smallest absolute Gasteiger partial charge is 0.414 e. The molecule has 12 heteroatoms. The number of hydrogen-bond acceptors (Lipinski definition) is 8. The zero-order chi connectivity index (χ0) is 24.6. The number of nitrogens with zero attached hydrogens (tertiary/aromatic N) is 2. The Hall–Kier alpha value is -2.28. The van der Waals surface area contributed by atoms with Gasteiger partial charge >= 0.3 is 6.09 Å². The van der Waals surface area contributed by atoms with Gasteiger partial charge in [-0.05, 0) is 36.3 Å². The van der Waals surface area contributed by atoms with Crippen LogP contribution in [-0.4, -0.2) is 53.3 Å². The van der Waals surface area contributed by atoms with Crippen LogP contribution in [0.4, 0.5) is 14.9 Å². The molecule has 3 rings (SSSR count). The van der Waals surface area contributed by atoms with Gasteiger partial charge in [-0.3, -0.25) is 9.08 Å². The summed E-state index contributed by atoms with van der Waals surface area (Å²) in [6.07, 6.45) is 0.846. The predicted octanol–water partition coefficient (Wildman–Crippen LogP) is 4.30. The van der Waals surface area contributed by atoms with Gasteiger partial charge < -0.3 is 13.6 Å². The molecule has 0 spiro atoms. The van der Waals surface area contributed by atoms with Crippen molar-refractivity contribution in [1.29, 1.82) is 0 Å². The van der Waals surface area contributed by atoms with Gasteiger partial charge in [0.1, 0.15) is 30.5 Å². The molecular formula is C21H29FN2O7SSi. The number of carbonyl (C=O) groups excluding carboxylic acids is 1. The minimum absolute atomic E-state index is 0.0288. The fourth-order valence-electron chi connectivity index (χ4n) is 2.83. The van der Waals surface area contributed by atoms with Gasteiger partial charge in [-0.1, -0.05) is 20.8 Å². The van der Waals surface area contributed by atoms with Gasteiger partial charge in [-0.25, -0.2) is 14.2 Å². The minimum atomic E-state index is -3.67. The van der Waals surface area contributed by atoms with Crippen LogP contribution in [-0.2, 0) is 30.1 Å². The van der Waals surface area contributed by atoms with Gasteiger partial charge in [0.15, 0.2) is 8.32 Å². The third-order valence-corrected chi connectivity index (χ3v) is 10.8. The SMILES string of the molecule is CC(C)(C)[Si](C)(C)OCc1coc(-c2ccc(N3C[C@H](COS(C)(=O)=O)OC3=O)cc2F)n1. The number of carbonyl (C=O) groups is 1. The summed E-state index contributed by atoms with van der Waals surface area (Å²) in [6, 6.07) is 4.17. The first-order valence-electron chi connectivity index (χ1n) is 10.4. The van der Waals surface area contributed by atoms with E-state index in [4.69, 9.17) is 13.6 Å². The molecule has 1 aliphatic heterocycles. The Morgan fingerprint density at radius 2 is 2.00 bits per heavy atom. The average molecular weight is 501 g/mol. The number of aromatic nitrogens is 1. The van der Waals surface area contributed by atoms with Crippen LogP contribution in [0, 0.1) is 5.82 Å². The van der Waals surface area contributed by atoms with E-state index in [0.29, 0.717) is 5.69 Å². The molecule has 1 fully saturated rings. The van der Waals surface area contributed by atoms with E-state index < -0.39 is 36.4 Å². The van der Waals surface area contributed by atoms with Gasteiger partial charge in [-0.15, -0.1) is 0 Å². The van der Waals surface area contributed by atoms with E-state index in [1.807, 2.05) is 0 Å². The molecule has 1 aromatic heterocycles. The van der Waals surface area contributed by atoms with E-state index in [0.717, 1.165) is 6.26 Å². The van der Waals surface area contributed by atoms with Gasteiger partial charge in [0.25, 0.3) is 10.1 Å². The largest absolute Gasteiger partial charge is 0.444 e. The summed E-state index contributed by atoms with van der Waals surface area (Å²) in [5.41, 5.74) is 0.966. The molecule has 0 N–H and O–H groups in total. The predicted molar refractivity (Wildman–Crippen MR) is 122 cm³/mol. The average Bonchev–Trinajstić information content (AvgIpc) is 3.30. The number of hydrogen-bond donors (Lipinski definition) is 0. The van der Waals surface area contributed by atoms with Gasteiger partial charge in [-0.2, -0.15) is 8.42 Å². The highest BCUT2D eigenvalue weighted by Crippen LogP contribution is 2.37. The molecule has 182 valence electrons. The number of benzene rings is 1. The zero-order valence-electron chi connectivity index (χ0n) is 19.5. The molecule has 0 aliphatic carbocycles. The summed E-state index contributed by atoms with van der Waals surface area (Å²) in [6.45, 7) is 10.7. The van der Waals surface area contributed by atoms with E-state index in [-0.39, 0.29) is 41.9 Å². The standard InChI is InChI=1S/C21H29FN2O7SSi/c1-21(2,3)33(5,6)30-12-14-11-28-19(23-14)17-8-7-15(9-18(17)22)24-10-16(31-20(24)25)13-29-32(4,26)27/h7-9,11,16H,10,12-13H2,1-6H3/t16-/m1/s1. The quantitative estimate of drug-likeness (QED) is 0.390. The Balaban J connectivity index is 1.69. The normalized spacial score (nSPS) is 17.5. The van der Waals surface area contributed by atoms with Crippen molar-refractivity contribution in [2.24, 2.45) is 0 Å². The summed E-state index contributed by atoms with van der Waals surface area (Å²) in [4.78, 5) is 17.7. The number of anilines is 1. The van der Waals surface area contributed by atoms with Crippen LogP contribution in [0.25, 0.3) is 11.5 Å². The van der Waals surface area contributed by atoms with Crippen molar-refractivity contribution < 1.29 is 35.4 Å². The highest BCUT2D eigenvalue weighted by atomic mass is 32.2. The van der Waals surface area contributed by atoms with Crippen LogP contribution >= 0.6 is 0 Å². The van der Waals surface area contributed by atoms with E-state index >= 15 is 0 Å². The first-order chi connectivity index (χ1) is 15.2. The third-order valence-electron chi connectivity index (χ3n) is 5.78. The summed E-state index contributed by atoms with van der Waals surface area (Å²) in [7, 11) is -5.63. The lowest BCUT2D eigenvalue weighted by atomic mass is 10.1. The van der Waals surface area contributed by atoms with E-state index in [1.54, 1.807) is 0 Å². The minimum Gasteiger partial charge on any atom is -0.444 e. The lowest BCUT2D eigenvalue weighted by molar-refractivity contribution is 0.107. The maximum Gasteiger partial charge on any atom is 0.414 e. The van der Waals surface area contributed by atoms with E-state index in [2.05, 4.69) is 43.0 Å². The lowest BCUT2D eigenvalue weighted by Crippen LogP contribution is -2.40. The molecule has 1 saturated heterocycles. The first kappa shape index (κ1) is 25.3. The van der Waals surface area contributed by atoms with Crippen molar-refractivity contribution in [3.05, 3.63) is 36.0 Å². The van der Waals surface area contributed by atoms with Crippen molar-refractivity contribution in [1.82, 2.24) is 4.98 Å². The fourth-order valence-corrected chi connectivity index (χ4v) is 4.17. The molecular weight excluding hydrogens is 471 g/mol. The Labute approximate surface area is 194 Å². The van der Waals surface area contributed by atoms with Gasteiger partial charge in [0.2, 0.25) is 5.89 Å². The molecule has 9 nitrogen and oxygen atoms in total. The number of halogens is 1. The number of rotatable bonds is 8. The van der Waals surface area contributed by atoms with Gasteiger partial charge in [0.05, 0.1) is 30.7 Å². The molecule has 0 unspecified atom stereocenters. The second-order valence-corrected chi connectivity index (χ2v) is 15.9. The summed E-state index contributed by atoms with van der Waals surface area (Å²) in [5, 5.41) is 0.0498. The van der Waals surface area contributed by atoms with Crippen LogP contribution in [0.5, 0.6) is 0 Å². The van der Waals surface area contributed by atoms with Crippen molar-refractivity contribution in [2.75, 3.05) is 24.3 Å². The molecule has 33 heavy (non-hydrogen) atoms. The molecule has 0 radical (unpaired) electrons. The van der Waals surface area contributed by atoms with Crippen LogP contribution in [0.2, 0.25) is 18.1 Å². The molecule has 0 saturated carbocycles. The lowest BCUT2D eigenvalue weighted by Gasteiger charge is -2.35. The maximum atomic E-state index is 14.9. The number of ether oxygens (including phenoxy) is 1. The topological polar surface area (TPSA) is 108 Å². The molecule has 1 aliphatic rings. The second-order valence-electron chi connectivity index (χ2n) is 9.46. The number of amides is 1. The van der Waals surface area contributed by atoms with Crippen molar-refractivity contribution in [3.8, 4) is 11.5 Å². The maximum absolute atomic E-state index is 14.9. The Kier molecular flexibility index (Phi) is 7.04. The zero-order valence-corrected chi connectivity index (χ0v) is 21.4. The molecule has 0 bridgehead atoms. The Morgan fingerprint density at radius 3 is 2.61 bits per heavy atom. The molecule has 2 heterocycles. The van der Waals surface area contributed by atoms with E-state index in [9.17, 15) is 17.6 Å². The summed E-state index contributed by atoms with van der Waals surface area (Å²) >= 11 is 0. The Morgan fingerprint density at radius 1 is 1.30 bits per heavy atom. The van der Waals surface area contributed by atoms with Crippen LogP contribution in [0.1, 0.15) is 26.5 Å². The van der Waals surface area contributed by atoms with Crippen molar-refractivity contribution in [2.45, 2.75) is 51.6 Å². The molecule has 2 aromatic rings. The molecule has 1 aromatic carbocycles. The summed E-state index contributed by atoms with van der Waals surface area (Å²) < 4.78 is 58.5. The third kappa shape index (κ3) is 6.19. The van der Waals surface area contributed by atoms with Crippen molar-refractivity contribution in [3.63, 3.8) is 0 Å². The fraction of sp³-hybridized carbons (Fsp3) is 0.524. The van der Waals surface area contributed by atoms with Crippen LogP contribution in [0.15, 0.2) is 28.9 Å². The first-order valence-corrected chi connectivity index (χ1v) is 15.1. The Bertz CT molecular complexity index is 1130. The number of cyclic esters (lactones) is 1. The number of oxazole rings is 1. The highest BCUT2D eigenvalue weighted by molar-refractivity contribution is 7.85. The highest BCUT2D eigenvalue weighted by Gasteiger charge is 2.37. The molecule has 1 atom stereocenters. The van der Waals surface area contributed by atoms with Gasteiger partial charge in [0, 0.05) is 0 Å². The van der Waals surface area contributed by atoms with E-state index in [1.165, 1.54) is 29.4 Å². The second kappa shape index (κ2) is 9.16.